The van der Waals surface area contributed by atoms with Crippen molar-refractivity contribution >= 4 is 23.3 Å². The highest BCUT2D eigenvalue weighted by Gasteiger charge is 2.36. The number of carbonyl (C=O) groups excluding carboxylic acids is 2. The number of nitrogens with zero attached hydrogens (tertiary/aromatic N) is 3. The van der Waals surface area contributed by atoms with Crippen LogP contribution in [0.5, 0.6) is 0 Å². The molecule has 6 heteroatoms. The monoisotopic (exact) mass is 374 g/mol. The second-order valence-electron chi connectivity index (χ2n) is 7.09. The van der Waals surface area contributed by atoms with Crippen LogP contribution in [0.3, 0.4) is 0 Å². The number of para-hydroxylation sites is 1. The van der Waals surface area contributed by atoms with E-state index in [1.54, 1.807) is 21.8 Å². The van der Waals surface area contributed by atoms with Gasteiger partial charge < -0.3 is 10.2 Å². The Balaban J connectivity index is 1.46. The lowest BCUT2D eigenvalue weighted by Crippen LogP contribution is -2.28. The van der Waals surface area contributed by atoms with Crippen LogP contribution in [0.1, 0.15) is 17.5 Å². The van der Waals surface area contributed by atoms with Crippen molar-refractivity contribution in [1.29, 1.82) is 0 Å². The van der Waals surface area contributed by atoms with Crippen LogP contribution in [-0.4, -0.2) is 28.1 Å². The first-order chi connectivity index (χ1) is 13.5. The highest BCUT2D eigenvalue weighted by atomic mass is 16.2. The SMILES string of the molecule is Cc1cccc(N2CC(C(=O)Nc3ccn(-c4ccccc4)n3)CC2=O)c1C. The molecule has 3 aromatic rings. The summed E-state index contributed by atoms with van der Waals surface area (Å²) in [5.41, 5.74) is 4.00. The van der Waals surface area contributed by atoms with Crippen LogP contribution in [0.25, 0.3) is 5.69 Å². The number of hydrogen-bond acceptors (Lipinski definition) is 3. The summed E-state index contributed by atoms with van der Waals surface area (Å²) in [5.74, 6) is -0.121. The van der Waals surface area contributed by atoms with E-state index in [0.29, 0.717) is 12.4 Å². The van der Waals surface area contributed by atoms with Crippen molar-refractivity contribution in [3.05, 3.63) is 71.9 Å². The number of hydrogen-bond donors (Lipinski definition) is 1. The number of amides is 2. The van der Waals surface area contributed by atoms with Crippen molar-refractivity contribution in [3.8, 4) is 5.69 Å². The summed E-state index contributed by atoms with van der Waals surface area (Å²) in [7, 11) is 0. The van der Waals surface area contributed by atoms with Crippen molar-refractivity contribution in [2.45, 2.75) is 20.3 Å². The molecule has 4 rings (SSSR count). The molecule has 2 heterocycles. The van der Waals surface area contributed by atoms with E-state index < -0.39 is 5.92 Å². The van der Waals surface area contributed by atoms with Gasteiger partial charge in [0.15, 0.2) is 5.82 Å². The predicted molar refractivity (Wildman–Crippen MR) is 109 cm³/mol. The molecular weight excluding hydrogens is 352 g/mol. The number of rotatable bonds is 4. The largest absolute Gasteiger partial charge is 0.311 e. The second-order valence-corrected chi connectivity index (χ2v) is 7.09. The number of carbonyl (C=O) groups is 2. The van der Waals surface area contributed by atoms with Gasteiger partial charge in [-0.05, 0) is 43.2 Å². The van der Waals surface area contributed by atoms with Crippen LogP contribution in [0.4, 0.5) is 11.5 Å². The van der Waals surface area contributed by atoms with Crippen LogP contribution in [0.15, 0.2) is 60.8 Å². The average molecular weight is 374 g/mol. The molecule has 0 aliphatic carbocycles. The van der Waals surface area contributed by atoms with Gasteiger partial charge in [-0.2, -0.15) is 5.10 Å². The molecule has 0 saturated carbocycles. The van der Waals surface area contributed by atoms with E-state index in [-0.39, 0.29) is 18.2 Å². The molecule has 1 atom stereocenters. The highest BCUT2D eigenvalue weighted by Crippen LogP contribution is 2.29. The minimum Gasteiger partial charge on any atom is -0.311 e. The molecule has 1 fully saturated rings. The third-order valence-electron chi connectivity index (χ3n) is 5.22. The Morgan fingerprint density at radius 1 is 1.07 bits per heavy atom. The van der Waals surface area contributed by atoms with Gasteiger partial charge in [0.1, 0.15) is 0 Å². The summed E-state index contributed by atoms with van der Waals surface area (Å²) in [6.07, 6.45) is 2.01. The van der Waals surface area contributed by atoms with Crippen LogP contribution in [-0.2, 0) is 9.59 Å². The molecule has 28 heavy (non-hydrogen) atoms. The number of aryl methyl sites for hydroxylation is 1. The standard InChI is InChI=1S/C22H22N4O2/c1-15-7-6-10-19(16(15)2)25-14-17(13-21(25)27)22(28)23-20-11-12-26(24-20)18-8-4-3-5-9-18/h3-12,17H,13-14H2,1-2H3,(H,23,24,28). The van der Waals surface area contributed by atoms with Gasteiger partial charge in [-0.15, -0.1) is 0 Å². The molecule has 142 valence electrons. The van der Waals surface area contributed by atoms with Crippen LogP contribution in [0, 0.1) is 19.8 Å². The van der Waals surface area contributed by atoms with E-state index in [1.807, 2.05) is 62.4 Å². The molecular formula is C22H22N4O2. The number of anilines is 2. The molecule has 0 spiro atoms. The van der Waals surface area contributed by atoms with Crippen LogP contribution >= 0.6 is 0 Å². The maximum Gasteiger partial charge on any atom is 0.231 e. The molecule has 1 unspecified atom stereocenters. The van der Waals surface area contributed by atoms with Gasteiger partial charge in [0.25, 0.3) is 0 Å². The molecule has 2 aromatic carbocycles. The highest BCUT2D eigenvalue weighted by molar-refractivity contribution is 6.03. The lowest BCUT2D eigenvalue weighted by molar-refractivity contribution is -0.122. The molecule has 1 N–H and O–H groups in total. The zero-order valence-corrected chi connectivity index (χ0v) is 15.9. The smallest absolute Gasteiger partial charge is 0.231 e. The maximum absolute atomic E-state index is 12.7. The van der Waals surface area contributed by atoms with Crippen molar-refractivity contribution in [2.75, 3.05) is 16.8 Å². The normalized spacial score (nSPS) is 16.4. The summed E-state index contributed by atoms with van der Waals surface area (Å²) in [4.78, 5) is 26.9. The molecule has 0 bridgehead atoms. The first-order valence-electron chi connectivity index (χ1n) is 9.31. The van der Waals surface area contributed by atoms with Gasteiger partial charge >= 0.3 is 0 Å². The van der Waals surface area contributed by atoms with Gasteiger partial charge in [-0.1, -0.05) is 30.3 Å². The number of benzene rings is 2. The second kappa shape index (κ2) is 7.31. The third-order valence-corrected chi connectivity index (χ3v) is 5.22. The predicted octanol–water partition coefficient (Wildman–Crippen LogP) is 3.48. The van der Waals surface area contributed by atoms with E-state index in [1.165, 1.54) is 0 Å². The summed E-state index contributed by atoms with van der Waals surface area (Å²) < 4.78 is 1.71. The Bertz CT molecular complexity index is 1030. The lowest BCUT2D eigenvalue weighted by Gasteiger charge is -2.20. The van der Waals surface area contributed by atoms with Gasteiger partial charge in [-0.3, -0.25) is 9.59 Å². The number of nitrogens with one attached hydrogen (secondary N) is 1. The topological polar surface area (TPSA) is 67.2 Å². The van der Waals surface area contributed by atoms with Gasteiger partial charge in [0, 0.05) is 30.9 Å². The molecule has 1 aliphatic rings. The van der Waals surface area contributed by atoms with E-state index in [2.05, 4.69) is 10.4 Å². The van der Waals surface area contributed by atoms with Crippen molar-refractivity contribution in [2.24, 2.45) is 5.92 Å². The first-order valence-corrected chi connectivity index (χ1v) is 9.31. The van der Waals surface area contributed by atoms with Crippen LogP contribution in [0.2, 0.25) is 0 Å². The Hall–Kier alpha value is -3.41. The quantitative estimate of drug-likeness (QED) is 0.760. The fourth-order valence-corrected chi connectivity index (χ4v) is 3.49. The summed E-state index contributed by atoms with van der Waals surface area (Å²) in [5, 5.41) is 7.24. The Morgan fingerprint density at radius 3 is 2.64 bits per heavy atom. The minimum atomic E-state index is -0.394. The lowest BCUT2D eigenvalue weighted by atomic mass is 10.1. The zero-order valence-electron chi connectivity index (χ0n) is 15.9. The molecule has 2 amide bonds. The fraction of sp³-hybridized carbons (Fsp3) is 0.227. The van der Waals surface area contributed by atoms with E-state index in [9.17, 15) is 9.59 Å². The third kappa shape index (κ3) is 3.41. The van der Waals surface area contributed by atoms with Crippen molar-refractivity contribution in [3.63, 3.8) is 0 Å². The molecule has 1 saturated heterocycles. The zero-order chi connectivity index (χ0) is 19.7. The van der Waals surface area contributed by atoms with E-state index in [0.717, 1.165) is 22.5 Å². The minimum absolute atomic E-state index is 0.0244. The molecule has 1 aromatic heterocycles. The molecule has 0 radical (unpaired) electrons. The first kappa shape index (κ1) is 18.0. The Kier molecular flexibility index (Phi) is 4.69. The molecule has 1 aliphatic heterocycles. The molecule has 6 nitrogen and oxygen atoms in total. The summed E-state index contributed by atoms with van der Waals surface area (Å²) in [6, 6.07) is 17.3. The van der Waals surface area contributed by atoms with E-state index in [4.69, 9.17) is 0 Å². The van der Waals surface area contributed by atoms with Gasteiger partial charge in [0.05, 0.1) is 11.6 Å². The van der Waals surface area contributed by atoms with Crippen molar-refractivity contribution in [1.82, 2.24) is 9.78 Å². The Morgan fingerprint density at radius 2 is 1.86 bits per heavy atom. The number of aromatic nitrogens is 2. The Labute approximate surface area is 163 Å². The fourth-order valence-electron chi connectivity index (χ4n) is 3.49. The average Bonchev–Trinajstić information content (AvgIpc) is 3.32. The van der Waals surface area contributed by atoms with Crippen LogP contribution < -0.4 is 10.2 Å². The summed E-state index contributed by atoms with van der Waals surface area (Å²) >= 11 is 0. The summed E-state index contributed by atoms with van der Waals surface area (Å²) in [6.45, 7) is 4.41. The maximum atomic E-state index is 12.7. The van der Waals surface area contributed by atoms with Crippen molar-refractivity contribution < 1.29 is 9.59 Å². The van der Waals surface area contributed by atoms with Gasteiger partial charge in [-0.25, -0.2) is 4.68 Å². The van der Waals surface area contributed by atoms with Gasteiger partial charge in [0.2, 0.25) is 11.8 Å². The van der Waals surface area contributed by atoms with E-state index >= 15 is 0 Å².